The Morgan fingerprint density at radius 1 is 1.20 bits per heavy atom. The topological polar surface area (TPSA) is 30.0 Å². The van der Waals surface area contributed by atoms with Crippen LogP contribution in [0.3, 0.4) is 0 Å². The minimum Gasteiger partial charge on any atom is -0.298 e. The van der Waals surface area contributed by atoms with E-state index in [4.69, 9.17) is 0 Å². The van der Waals surface area contributed by atoms with E-state index in [1.54, 1.807) is 18.2 Å². The number of hydrogen-bond acceptors (Lipinski definition) is 3. The van der Waals surface area contributed by atoms with Gasteiger partial charge in [0.1, 0.15) is 5.03 Å². The first-order valence-corrected chi connectivity index (χ1v) is 6.97. The fraction of sp³-hybridized carbons (Fsp3) is 0.0769. The zero-order valence-corrected chi connectivity index (χ0v) is 12.2. The number of benzene rings is 1. The van der Waals surface area contributed by atoms with Crippen molar-refractivity contribution in [2.45, 2.75) is 16.1 Å². The number of aromatic nitrogens is 1. The van der Waals surface area contributed by atoms with Crippen LogP contribution in [0.2, 0.25) is 0 Å². The molecule has 0 saturated carbocycles. The van der Waals surface area contributed by atoms with Gasteiger partial charge in [-0.15, -0.1) is 0 Å². The van der Waals surface area contributed by atoms with Crippen LogP contribution >= 0.6 is 27.7 Å². The molecule has 0 bridgehead atoms. The molecule has 0 radical (unpaired) electrons. The van der Waals surface area contributed by atoms with Crippen molar-refractivity contribution in [2.24, 2.45) is 0 Å². The number of halogens is 4. The Bertz CT molecular complexity index is 629. The van der Waals surface area contributed by atoms with Crippen LogP contribution in [-0.4, -0.2) is 11.3 Å². The zero-order chi connectivity index (χ0) is 14.8. The fourth-order valence-electron chi connectivity index (χ4n) is 1.40. The van der Waals surface area contributed by atoms with Gasteiger partial charge in [-0.2, -0.15) is 13.2 Å². The minimum absolute atomic E-state index is 0.448. The highest BCUT2D eigenvalue weighted by Gasteiger charge is 2.30. The molecular weight excluding hydrogens is 355 g/mol. The summed E-state index contributed by atoms with van der Waals surface area (Å²) in [6.45, 7) is 0. The number of carbonyl (C=O) groups is 1. The summed E-state index contributed by atoms with van der Waals surface area (Å²) in [5.74, 6) is 0. The van der Waals surface area contributed by atoms with Crippen LogP contribution in [0.25, 0.3) is 0 Å². The lowest BCUT2D eigenvalue weighted by molar-refractivity contribution is -0.137. The van der Waals surface area contributed by atoms with Crippen molar-refractivity contribution in [3.05, 3.63) is 52.1 Å². The van der Waals surface area contributed by atoms with E-state index < -0.39 is 11.7 Å². The van der Waals surface area contributed by atoms with Gasteiger partial charge in [-0.05, 0) is 30.3 Å². The summed E-state index contributed by atoms with van der Waals surface area (Å²) >= 11 is 4.46. The van der Waals surface area contributed by atoms with Crippen LogP contribution in [0, 0.1) is 0 Å². The lowest BCUT2D eigenvalue weighted by Crippen LogP contribution is -2.04. The average Bonchev–Trinajstić information content (AvgIpc) is 2.38. The van der Waals surface area contributed by atoms with Gasteiger partial charge in [0.25, 0.3) is 0 Å². The molecule has 0 aliphatic carbocycles. The fourth-order valence-corrected chi connectivity index (χ4v) is 2.82. The highest BCUT2D eigenvalue weighted by Crippen LogP contribution is 2.32. The van der Waals surface area contributed by atoms with Crippen molar-refractivity contribution in [2.75, 3.05) is 0 Å². The molecule has 1 aromatic carbocycles. The van der Waals surface area contributed by atoms with Gasteiger partial charge in [-0.1, -0.05) is 27.7 Å². The third kappa shape index (κ3) is 3.61. The summed E-state index contributed by atoms with van der Waals surface area (Å²) in [4.78, 5) is 15.2. The van der Waals surface area contributed by atoms with Crippen molar-refractivity contribution in [3.63, 3.8) is 0 Å². The van der Waals surface area contributed by atoms with Crippen molar-refractivity contribution < 1.29 is 18.0 Å². The molecule has 2 rings (SSSR count). The van der Waals surface area contributed by atoms with E-state index in [9.17, 15) is 18.0 Å². The Labute approximate surface area is 125 Å². The molecule has 1 heterocycles. The first-order chi connectivity index (χ1) is 9.40. The minimum atomic E-state index is -4.38. The third-order valence-corrected chi connectivity index (χ3v) is 4.01. The number of hydrogen-bond donors (Lipinski definition) is 0. The van der Waals surface area contributed by atoms with Crippen molar-refractivity contribution >= 4 is 34.0 Å². The van der Waals surface area contributed by atoms with E-state index >= 15 is 0 Å². The Morgan fingerprint density at radius 3 is 2.45 bits per heavy atom. The van der Waals surface area contributed by atoms with Crippen LogP contribution in [0.4, 0.5) is 13.2 Å². The molecule has 0 spiro atoms. The molecule has 1 aromatic heterocycles. The lowest BCUT2D eigenvalue weighted by Gasteiger charge is -2.07. The van der Waals surface area contributed by atoms with Crippen LogP contribution < -0.4 is 0 Å². The molecule has 0 atom stereocenters. The van der Waals surface area contributed by atoms with Gasteiger partial charge >= 0.3 is 6.18 Å². The van der Waals surface area contributed by atoms with Gasteiger partial charge in [0.05, 0.1) is 5.56 Å². The molecule has 104 valence electrons. The van der Waals surface area contributed by atoms with Gasteiger partial charge in [0.2, 0.25) is 0 Å². The predicted molar refractivity (Wildman–Crippen MR) is 72.9 cm³/mol. The van der Waals surface area contributed by atoms with E-state index in [1.165, 1.54) is 17.8 Å². The highest BCUT2D eigenvalue weighted by atomic mass is 79.9. The molecule has 0 unspecified atom stereocenters. The van der Waals surface area contributed by atoms with E-state index in [1.807, 2.05) is 0 Å². The Hall–Kier alpha value is -1.34. The number of carbonyl (C=O) groups excluding carboxylic acids is 1. The molecular formula is C13H7BrF3NOS. The van der Waals surface area contributed by atoms with Gasteiger partial charge in [0, 0.05) is 21.1 Å². The third-order valence-electron chi connectivity index (χ3n) is 2.38. The first-order valence-electron chi connectivity index (χ1n) is 5.36. The second-order valence-electron chi connectivity index (χ2n) is 3.79. The maximum absolute atomic E-state index is 12.4. The van der Waals surface area contributed by atoms with Gasteiger partial charge in [-0.25, -0.2) is 4.98 Å². The van der Waals surface area contributed by atoms with Gasteiger partial charge in [-0.3, -0.25) is 4.79 Å². The molecule has 0 aliphatic heterocycles. The smallest absolute Gasteiger partial charge is 0.298 e. The maximum atomic E-state index is 12.4. The summed E-state index contributed by atoms with van der Waals surface area (Å²) in [5, 5.41) is 0.448. The van der Waals surface area contributed by atoms with E-state index in [2.05, 4.69) is 20.9 Å². The second-order valence-corrected chi connectivity index (χ2v) is 5.73. The molecule has 0 N–H and O–H groups in total. The Balaban J connectivity index is 2.18. The quantitative estimate of drug-likeness (QED) is 0.733. The molecule has 0 amide bonds. The van der Waals surface area contributed by atoms with E-state index in [0.717, 1.165) is 23.4 Å². The van der Waals surface area contributed by atoms with Gasteiger partial charge in [0.15, 0.2) is 6.29 Å². The lowest BCUT2D eigenvalue weighted by atomic mass is 10.2. The molecule has 0 fully saturated rings. The summed E-state index contributed by atoms with van der Waals surface area (Å²) in [7, 11) is 0. The van der Waals surface area contributed by atoms with E-state index in [0.29, 0.717) is 15.1 Å². The zero-order valence-electron chi connectivity index (χ0n) is 9.82. The number of pyridine rings is 1. The normalized spacial score (nSPS) is 11.4. The number of rotatable bonds is 3. The molecule has 0 aliphatic rings. The summed E-state index contributed by atoms with van der Waals surface area (Å²) < 4.78 is 37.8. The number of alkyl halides is 3. The highest BCUT2D eigenvalue weighted by molar-refractivity contribution is 9.10. The number of aldehydes is 1. The first kappa shape index (κ1) is 15.1. The molecule has 0 saturated heterocycles. The standard InChI is InChI=1S/C13H7BrF3NOS/c14-11-5-10(3-1-8(11)7-19)20-12-4-2-9(6-18-12)13(15,16)17/h1-7H. The Morgan fingerprint density at radius 2 is 1.95 bits per heavy atom. The summed E-state index contributed by atoms with van der Waals surface area (Å²) in [6.07, 6.45) is -2.86. The van der Waals surface area contributed by atoms with Crippen LogP contribution in [-0.2, 0) is 6.18 Å². The van der Waals surface area contributed by atoms with Crippen molar-refractivity contribution in [1.82, 2.24) is 4.98 Å². The van der Waals surface area contributed by atoms with Gasteiger partial charge < -0.3 is 0 Å². The number of nitrogens with zero attached hydrogens (tertiary/aromatic N) is 1. The predicted octanol–water partition coefficient (Wildman–Crippen LogP) is 4.83. The van der Waals surface area contributed by atoms with Crippen molar-refractivity contribution in [3.8, 4) is 0 Å². The molecule has 7 heteroatoms. The van der Waals surface area contributed by atoms with E-state index in [-0.39, 0.29) is 0 Å². The monoisotopic (exact) mass is 361 g/mol. The SMILES string of the molecule is O=Cc1ccc(Sc2ccc(C(F)(F)F)cn2)cc1Br. The molecule has 2 nitrogen and oxygen atoms in total. The Kier molecular flexibility index (Phi) is 4.49. The van der Waals surface area contributed by atoms with Crippen molar-refractivity contribution in [1.29, 1.82) is 0 Å². The average molecular weight is 362 g/mol. The summed E-state index contributed by atoms with van der Waals surface area (Å²) in [6, 6.07) is 7.36. The molecule has 20 heavy (non-hydrogen) atoms. The molecule has 2 aromatic rings. The van der Waals surface area contributed by atoms with Crippen LogP contribution in [0.1, 0.15) is 15.9 Å². The largest absolute Gasteiger partial charge is 0.417 e. The van der Waals surface area contributed by atoms with Crippen LogP contribution in [0.15, 0.2) is 50.9 Å². The van der Waals surface area contributed by atoms with Crippen LogP contribution in [0.5, 0.6) is 0 Å². The maximum Gasteiger partial charge on any atom is 0.417 e. The second kappa shape index (κ2) is 5.97. The summed E-state index contributed by atoms with van der Waals surface area (Å²) in [5.41, 5.74) is -0.269.